The first kappa shape index (κ1) is 18.3. The number of hydrazine groups is 1. The van der Waals surface area contributed by atoms with Gasteiger partial charge in [-0.2, -0.15) is 0 Å². The van der Waals surface area contributed by atoms with Crippen LogP contribution in [0.5, 0.6) is 0 Å². The van der Waals surface area contributed by atoms with Crippen LogP contribution in [-0.4, -0.2) is 39.4 Å². The van der Waals surface area contributed by atoms with Crippen LogP contribution in [0.4, 0.5) is 4.79 Å². The standard InChI is InChI=1S/C18H14N4O4S/c23-15(20-21-16(24)13-6-8-19-9-7-13)11-22-17(25)14(27-18(22)26)10-12-4-2-1-3-5-12/h1-10H,11H2,(H,20,23)(H,21,24)/b14-10+. The lowest BCUT2D eigenvalue weighted by Gasteiger charge is -2.13. The molecule has 1 aromatic heterocycles. The molecule has 0 aliphatic carbocycles. The third kappa shape index (κ3) is 4.59. The summed E-state index contributed by atoms with van der Waals surface area (Å²) in [5, 5.41) is -0.544. The van der Waals surface area contributed by atoms with E-state index >= 15 is 0 Å². The molecule has 1 fully saturated rings. The Bertz CT molecular complexity index is 915. The molecule has 0 bridgehead atoms. The molecule has 0 atom stereocenters. The van der Waals surface area contributed by atoms with Gasteiger partial charge in [-0.3, -0.25) is 39.9 Å². The molecule has 0 saturated carbocycles. The summed E-state index contributed by atoms with van der Waals surface area (Å²) < 4.78 is 0. The number of imide groups is 1. The molecule has 0 unspecified atom stereocenters. The zero-order chi connectivity index (χ0) is 19.2. The fourth-order valence-electron chi connectivity index (χ4n) is 2.22. The fourth-order valence-corrected chi connectivity index (χ4v) is 3.06. The number of hydrogen-bond donors (Lipinski definition) is 2. The molecule has 1 aliphatic rings. The Balaban J connectivity index is 1.58. The summed E-state index contributed by atoms with van der Waals surface area (Å²) >= 11 is 0.764. The van der Waals surface area contributed by atoms with Crippen molar-refractivity contribution < 1.29 is 19.2 Å². The molecule has 2 N–H and O–H groups in total. The van der Waals surface area contributed by atoms with E-state index in [1.54, 1.807) is 18.2 Å². The van der Waals surface area contributed by atoms with Crippen molar-refractivity contribution >= 4 is 40.8 Å². The van der Waals surface area contributed by atoms with Crippen molar-refractivity contribution in [2.75, 3.05) is 6.54 Å². The Labute approximate surface area is 158 Å². The molecule has 27 heavy (non-hydrogen) atoms. The number of carbonyl (C=O) groups is 4. The van der Waals surface area contributed by atoms with Gasteiger partial charge in [0.2, 0.25) is 0 Å². The first-order valence-corrected chi connectivity index (χ1v) is 8.66. The van der Waals surface area contributed by atoms with Crippen molar-refractivity contribution in [2.24, 2.45) is 0 Å². The molecular formula is C18H14N4O4S. The van der Waals surface area contributed by atoms with Crippen molar-refractivity contribution in [2.45, 2.75) is 0 Å². The molecular weight excluding hydrogens is 368 g/mol. The average molecular weight is 382 g/mol. The summed E-state index contributed by atoms with van der Waals surface area (Å²) in [6, 6.07) is 12.0. The molecule has 3 rings (SSSR count). The molecule has 1 aliphatic heterocycles. The number of amides is 4. The second-order valence-electron chi connectivity index (χ2n) is 5.42. The smallest absolute Gasteiger partial charge is 0.271 e. The Hall–Kier alpha value is -3.46. The second-order valence-corrected chi connectivity index (χ2v) is 6.41. The monoisotopic (exact) mass is 382 g/mol. The van der Waals surface area contributed by atoms with Crippen molar-refractivity contribution in [3.05, 3.63) is 70.9 Å². The molecule has 0 radical (unpaired) electrons. The van der Waals surface area contributed by atoms with Crippen molar-refractivity contribution in [1.82, 2.24) is 20.7 Å². The number of thioether (sulfide) groups is 1. The number of carbonyl (C=O) groups excluding carboxylic acids is 4. The Morgan fingerprint density at radius 1 is 1.04 bits per heavy atom. The van der Waals surface area contributed by atoms with Gasteiger partial charge >= 0.3 is 0 Å². The number of rotatable bonds is 4. The maximum absolute atomic E-state index is 12.4. The van der Waals surface area contributed by atoms with Crippen molar-refractivity contribution in [3.8, 4) is 0 Å². The van der Waals surface area contributed by atoms with Gasteiger partial charge in [0.25, 0.3) is 23.0 Å². The topological polar surface area (TPSA) is 108 Å². The molecule has 136 valence electrons. The van der Waals surface area contributed by atoms with E-state index < -0.39 is 29.5 Å². The first-order valence-electron chi connectivity index (χ1n) is 7.84. The van der Waals surface area contributed by atoms with Gasteiger partial charge in [-0.05, 0) is 35.5 Å². The molecule has 1 saturated heterocycles. The average Bonchev–Trinajstić information content (AvgIpc) is 2.95. The van der Waals surface area contributed by atoms with E-state index in [-0.39, 0.29) is 4.91 Å². The van der Waals surface area contributed by atoms with Gasteiger partial charge in [-0.1, -0.05) is 30.3 Å². The van der Waals surface area contributed by atoms with Crippen LogP contribution >= 0.6 is 11.8 Å². The maximum Gasteiger partial charge on any atom is 0.294 e. The number of benzene rings is 1. The Kier molecular flexibility index (Phi) is 5.62. The molecule has 9 heteroatoms. The lowest BCUT2D eigenvalue weighted by atomic mass is 10.2. The van der Waals surface area contributed by atoms with Crippen molar-refractivity contribution in [1.29, 1.82) is 0 Å². The molecule has 0 spiro atoms. The molecule has 8 nitrogen and oxygen atoms in total. The lowest BCUT2D eigenvalue weighted by molar-refractivity contribution is -0.129. The minimum Gasteiger partial charge on any atom is -0.271 e. The van der Waals surface area contributed by atoms with Crippen LogP contribution in [0.2, 0.25) is 0 Å². The minimum absolute atomic E-state index is 0.236. The molecule has 2 heterocycles. The van der Waals surface area contributed by atoms with Crippen LogP contribution in [0.15, 0.2) is 59.8 Å². The van der Waals surface area contributed by atoms with Gasteiger partial charge in [0.1, 0.15) is 6.54 Å². The highest BCUT2D eigenvalue weighted by Crippen LogP contribution is 2.31. The number of hydrogen-bond acceptors (Lipinski definition) is 6. The first-order chi connectivity index (χ1) is 13.0. The molecule has 4 amide bonds. The third-order valence-electron chi connectivity index (χ3n) is 3.53. The van der Waals surface area contributed by atoms with E-state index in [2.05, 4.69) is 15.8 Å². The van der Waals surface area contributed by atoms with E-state index in [1.807, 2.05) is 18.2 Å². The van der Waals surface area contributed by atoms with Gasteiger partial charge in [0.05, 0.1) is 4.91 Å². The number of nitrogens with zero attached hydrogens (tertiary/aromatic N) is 2. The number of aromatic nitrogens is 1. The summed E-state index contributed by atoms with van der Waals surface area (Å²) in [7, 11) is 0. The van der Waals surface area contributed by atoms with Gasteiger partial charge in [0, 0.05) is 18.0 Å². The van der Waals surface area contributed by atoms with Crippen molar-refractivity contribution in [3.63, 3.8) is 0 Å². The predicted octanol–water partition coefficient (Wildman–Crippen LogP) is 1.58. The van der Waals surface area contributed by atoms with Crippen LogP contribution in [0, 0.1) is 0 Å². The van der Waals surface area contributed by atoms with E-state index in [4.69, 9.17) is 0 Å². The summed E-state index contributed by atoms with van der Waals surface area (Å²) in [6.45, 7) is -0.493. The normalized spacial score (nSPS) is 15.1. The number of nitrogens with one attached hydrogen (secondary N) is 2. The highest BCUT2D eigenvalue weighted by molar-refractivity contribution is 8.18. The van der Waals surface area contributed by atoms with Gasteiger partial charge in [-0.15, -0.1) is 0 Å². The second kappa shape index (κ2) is 8.28. The zero-order valence-corrected chi connectivity index (χ0v) is 14.7. The largest absolute Gasteiger partial charge is 0.294 e. The summed E-state index contributed by atoms with van der Waals surface area (Å²) in [5.74, 6) is -1.78. The minimum atomic E-state index is -0.694. The summed E-state index contributed by atoms with van der Waals surface area (Å²) in [5.41, 5.74) is 5.48. The van der Waals surface area contributed by atoms with E-state index in [0.717, 1.165) is 22.2 Å². The van der Waals surface area contributed by atoms with Gasteiger partial charge < -0.3 is 0 Å². The molecule has 1 aromatic carbocycles. The quantitative estimate of drug-likeness (QED) is 0.614. The van der Waals surface area contributed by atoms with E-state index in [9.17, 15) is 19.2 Å². The number of pyridine rings is 1. The predicted molar refractivity (Wildman–Crippen MR) is 99.0 cm³/mol. The summed E-state index contributed by atoms with van der Waals surface area (Å²) in [6.07, 6.45) is 4.47. The van der Waals surface area contributed by atoms with Gasteiger partial charge in [-0.25, -0.2) is 0 Å². The highest BCUT2D eigenvalue weighted by Gasteiger charge is 2.36. The fraction of sp³-hybridized carbons (Fsp3) is 0.0556. The van der Waals surface area contributed by atoms with Crippen LogP contribution in [0.25, 0.3) is 6.08 Å². The van der Waals surface area contributed by atoms with Crippen LogP contribution in [0.1, 0.15) is 15.9 Å². The van der Waals surface area contributed by atoms with Crippen LogP contribution in [-0.2, 0) is 9.59 Å². The third-order valence-corrected chi connectivity index (χ3v) is 4.44. The highest BCUT2D eigenvalue weighted by atomic mass is 32.2. The van der Waals surface area contributed by atoms with E-state index in [0.29, 0.717) is 5.56 Å². The lowest BCUT2D eigenvalue weighted by Crippen LogP contribution is -2.47. The van der Waals surface area contributed by atoms with Gasteiger partial charge in [0.15, 0.2) is 0 Å². The SMILES string of the molecule is O=C(CN1C(=O)S/C(=C/c2ccccc2)C1=O)NNC(=O)c1ccncc1. The van der Waals surface area contributed by atoms with Crippen LogP contribution in [0.3, 0.4) is 0 Å². The summed E-state index contributed by atoms with van der Waals surface area (Å²) in [4.78, 5) is 53.1. The Morgan fingerprint density at radius 3 is 2.44 bits per heavy atom. The maximum atomic E-state index is 12.4. The Morgan fingerprint density at radius 2 is 1.74 bits per heavy atom. The van der Waals surface area contributed by atoms with Crippen LogP contribution < -0.4 is 10.9 Å². The molecule has 2 aromatic rings. The zero-order valence-electron chi connectivity index (χ0n) is 13.9. The van der Waals surface area contributed by atoms with E-state index in [1.165, 1.54) is 24.5 Å².